The van der Waals surface area contributed by atoms with Gasteiger partial charge in [0.15, 0.2) is 0 Å². The molecule has 0 heterocycles. The van der Waals surface area contributed by atoms with Crippen LogP contribution in [0.25, 0.3) is 11.1 Å². The van der Waals surface area contributed by atoms with E-state index in [1.54, 1.807) is 0 Å². The summed E-state index contributed by atoms with van der Waals surface area (Å²) in [6.45, 7) is 18.0. The van der Waals surface area contributed by atoms with Crippen LogP contribution < -0.4 is 0 Å². The molecule has 0 saturated carbocycles. The average Bonchev–Trinajstić information content (AvgIpc) is 3.25. The average molecular weight is 575 g/mol. The summed E-state index contributed by atoms with van der Waals surface area (Å²) < 4.78 is 0. The van der Waals surface area contributed by atoms with Crippen molar-refractivity contribution in [2.24, 2.45) is 0 Å². The fourth-order valence-corrected chi connectivity index (χ4v) is 6.31. The standard InChI is InChI=1S/C43H58/c1-33(2)17-13-19-35(5)21-15-23-37(7)29-31-43(32-30-38(8)24-16-22-36(6)20-14-18-34(3)4)41-27-11-9-25-39(41)40-26-10-12-28-42(40)43/h9-12,17-18,21-22,25-30H,13-16,19-20,23-24,31-32H2,1-8H3. The minimum Gasteiger partial charge on any atom is -0.0856 e. The molecule has 0 amide bonds. The molecule has 0 heteroatoms. The second-order valence-electron chi connectivity index (χ2n) is 13.5. The van der Waals surface area contributed by atoms with Gasteiger partial charge in [0, 0.05) is 5.41 Å². The normalized spacial score (nSPS) is 14.8. The molecule has 0 spiro atoms. The highest BCUT2D eigenvalue weighted by Crippen LogP contribution is 2.53. The lowest BCUT2D eigenvalue weighted by Gasteiger charge is -2.31. The third-order valence-electron chi connectivity index (χ3n) is 9.02. The lowest BCUT2D eigenvalue weighted by Crippen LogP contribution is -2.24. The second-order valence-corrected chi connectivity index (χ2v) is 13.5. The summed E-state index contributed by atoms with van der Waals surface area (Å²) in [6, 6.07) is 18.3. The number of benzene rings is 2. The summed E-state index contributed by atoms with van der Waals surface area (Å²) in [5, 5.41) is 0. The van der Waals surface area contributed by atoms with Crippen LogP contribution in [0.3, 0.4) is 0 Å². The number of allylic oxidation sites excluding steroid dienone is 12. The number of hydrogen-bond donors (Lipinski definition) is 0. The smallest absolute Gasteiger partial charge is 0.0284 e. The van der Waals surface area contributed by atoms with E-state index in [0.29, 0.717) is 0 Å². The first kappa shape index (κ1) is 34.4. The van der Waals surface area contributed by atoms with E-state index in [9.17, 15) is 0 Å². The Kier molecular flexibility index (Phi) is 13.8. The molecule has 0 aromatic heterocycles. The summed E-state index contributed by atoms with van der Waals surface area (Å²) >= 11 is 0. The molecule has 0 atom stereocenters. The van der Waals surface area contributed by atoms with Gasteiger partial charge in [-0.25, -0.2) is 0 Å². The summed E-state index contributed by atoms with van der Waals surface area (Å²) in [7, 11) is 0. The zero-order valence-electron chi connectivity index (χ0n) is 28.7. The molecule has 3 rings (SSSR count). The molecule has 1 aliphatic carbocycles. The van der Waals surface area contributed by atoms with E-state index in [4.69, 9.17) is 0 Å². The Morgan fingerprint density at radius 1 is 0.442 bits per heavy atom. The largest absolute Gasteiger partial charge is 0.0856 e. The van der Waals surface area contributed by atoms with Crippen LogP contribution in [0.2, 0.25) is 0 Å². The van der Waals surface area contributed by atoms with E-state index in [1.165, 1.54) is 68.5 Å². The van der Waals surface area contributed by atoms with Crippen molar-refractivity contribution < 1.29 is 0 Å². The van der Waals surface area contributed by atoms with Gasteiger partial charge in [-0.05, 0) is 142 Å². The van der Waals surface area contributed by atoms with Gasteiger partial charge < -0.3 is 0 Å². The molecule has 2 aromatic carbocycles. The first-order valence-electron chi connectivity index (χ1n) is 16.7. The second kappa shape index (κ2) is 17.2. The van der Waals surface area contributed by atoms with Gasteiger partial charge >= 0.3 is 0 Å². The summed E-state index contributed by atoms with van der Waals surface area (Å²) in [5.74, 6) is 0. The van der Waals surface area contributed by atoms with Crippen molar-refractivity contribution >= 4 is 0 Å². The maximum absolute atomic E-state index is 2.55. The third kappa shape index (κ3) is 10.5. The topological polar surface area (TPSA) is 0 Å². The maximum Gasteiger partial charge on any atom is 0.0284 e. The van der Waals surface area contributed by atoms with E-state index >= 15 is 0 Å². The molecule has 1 aliphatic rings. The summed E-state index contributed by atoms with van der Waals surface area (Å²) in [6.07, 6.45) is 26.0. The molecule has 43 heavy (non-hydrogen) atoms. The van der Waals surface area contributed by atoms with Gasteiger partial charge in [0.1, 0.15) is 0 Å². The summed E-state index contributed by atoms with van der Waals surface area (Å²) in [5.41, 5.74) is 14.7. The monoisotopic (exact) mass is 574 g/mol. The maximum atomic E-state index is 2.55. The fourth-order valence-electron chi connectivity index (χ4n) is 6.31. The Morgan fingerprint density at radius 3 is 1.14 bits per heavy atom. The van der Waals surface area contributed by atoms with Crippen molar-refractivity contribution in [3.05, 3.63) is 130 Å². The Morgan fingerprint density at radius 2 is 0.767 bits per heavy atom. The molecule has 0 bridgehead atoms. The van der Waals surface area contributed by atoms with E-state index in [1.807, 2.05) is 0 Å². The first-order valence-corrected chi connectivity index (χ1v) is 16.7. The molecule has 2 aromatic rings. The zero-order valence-corrected chi connectivity index (χ0v) is 28.7. The van der Waals surface area contributed by atoms with Crippen molar-refractivity contribution in [3.63, 3.8) is 0 Å². The van der Waals surface area contributed by atoms with Crippen LogP contribution in [0.5, 0.6) is 0 Å². The Balaban J connectivity index is 1.77. The van der Waals surface area contributed by atoms with Gasteiger partial charge in [-0.2, -0.15) is 0 Å². The predicted molar refractivity (Wildman–Crippen MR) is 193 cm³/mol. The van der Waals surface area contributed by atoms with Crippen LogP contribution in [-0.4, -0.2) is 0 Å². The fraction of sp³-hybridized carbons (Fsp3) is 0.442. The summed E-state index contributed by atoms with van der Waals surface area (Å²) in [4.78, 5) is 0. The molecular formula is C43H58. The Bertz CT molecular complexity index is 1270. The Labute approximate surface area is 265 Å². The molecule has 230 valence electrons. The van der Waals surface area contributed by atoms with Gasteiger partial charge in [-0.15, -0.1) is 0 Å². The number of rotatable bonds is 16. The van der Waals surface area contributed by atoms with E-state index in [0.717, 1.165) is 51.4 Å². The van der Waals surface area contributed by atoms with Crippen LogP contribution in [-0.2, 0) is 5.41 Å². The molecule has 0 saturated heterocycles. The molecule has 0 unspecified atom stereocenters. The van der Waals surface area contributed by atoms with Crippen molar-refractivity contribution in [2.75, 3.05) is 0 Å². The van der Waals surface area contributed by atoms with Crippen LogP contribution in [0.4, 0.5) is 0 Å². The highest BCUT2D eigenvalue weighted by atomic mass is 14.4. The highest BCUT2D eigenvalue weighted by molar-refractivity contribution is 5.81. The third-order valence-corrected chi connectivity index (χ3v) is 9.02. The van der Waals surface area contributed by atoms with Gasteiger partial charge in [-0.1, -0.05) is 118 Å². The molecule has 0 aliphatic heterocycles. The lowest BCUT2D eigenvalue weighted by atomic mass is 9.72. The molecule has 0 N–H and O–H groups in total. The zero-order chi connectivity index (χ0) is 31.2. The Hall–Kier alpha value is -3.12. The van der Waals surface area contributed by atoms with Crippen LogP contribution in [0.1, 0.15) is 131 Å². The van der Waals surface area contributed by atoms with Crippen molar-refractivity contribution in [1.29, 1.82) is 0 Å². The van der Waals surface area contributed by atoms with E-state index in [2.05, 4.69) is 140 Å². The highest BCUT2D eigenvalue weighted by Gasteiger charge is 2.41. The molecule has 0 fully saturated rings. The predicted octanol–water partition coefficient (Wildman–Crippen LogP) is 13.6. The van der Waals surface area contributed by atoms with Gasteiger partial charge in [0.25, 0.3) is 0 Å². The van der Waals surface area contributed by atoms with Crippen molar-refractivity contribution in [2.45, 2.75) is 125 Å². The van der Waals surface area contributed by atoms with Crippen LogP contribution >= 0.6 is 0 Å². The molecular weight excluding hydrogens is 516 g/mol. The quantitative estimate of drug-likeness (QED) is 0.175. The SMILES string of the molecule is CC(C)=CCCC(C)=CCCC(C)=CCC1(CC=C(C)CCC=C(C)CCC=C(C)C)c2ccccc2-c2ccccc21. The van der Waals surface area contributed by atoms with Gasteiger partial charge in [0.05, 0.1) is 0 Å². The number of fused-ring (bicyclic) bond motifs is 3. The number of hydrogen-bond acceptors (Lipinski definition) is 0. The van der Waals surface area contributed by atoms with Crippen LogP contribution in [0, 0.1) is 0 Å². The van der Waals surface area contributed by atoms with Crippen LogP contribution in [0.15, 0.2) is 118 Å². The molecule has 0 nitrogen and oxygen atoms in total. The molecule has 0 radical (unpaired) electrons. The minimum absolute atomic E-state index is 0.0120. The van der Waals surface area contributed by atoms with Crippen molar-refractivity contribution in [3.8, 4) is 11.1 Å². The van der Waals surface area contributed by atoms with Gasteiger partial charge in [-0.3, -0.25) is 0 Å². The van der Waals surface area contributed by atoms with Crippen molar-refractivity contribution in [1.82, 2.24) is 0 Å². The first-order chi connectivity index (χ1) is 20.6. The lowest BCUT2D eigenvalue weighted by molar-refractivity contribution is 0.538. The van der Waals surface area contributed by atoms with E-state index < -0.39 is 0 Å². The minimum atomic E-state index is -0.0120. The van der Waals surface area contributed by atoms with Gasteiger partial charge in [0.2, 0.25) is 0 Å². The van der Waals surface area contributed by atoms with E-state index in [-0.39, 0.29) is 5.41 Å².